The third-order valence-corrected chi connectivity index (χ3v) is 3.27. The van der Waals surface area contributed by atoms with Gasteiger partial charge in [-0.25, -0.2) is 4.98 Å². The van der Waals surface area contributed by atoms with Crippen LogP contribution in [0.5, 0.6) is 0 Å². The van der Waals surface area contributed by atoms with Crippen molar-refractivity contribution in [3.05, 3.63) is 59.4 Å². The number of pyridine rings is 1. The summed E-state index contributed by atoms with van der Waals surface area (Å²) in [5.41, 5.74) is 2.13. The van der Waals surface area contributed by atoms with Crippen LogP contribution in [0.15, 0.2) is 48.6 Å². The average molecular weight is 242 g/mol. The highest BCUT2D eigenvalue weighted by atomic mass is 35.5. The zero-order valence-corrected chi connectivity index (χ0v) is 10.1. The Balaban J connectivity index is 2.18. The van der Waals surface area contributed by atoms with Crippen LogP contribution in [0, 0.1) is 0 Å². The Labute approximate surface area is 105 Å². The lowest BCUT2D eigenvalue weighted by molar-refractivity contribution is 1.04. The minimum atomic E-state index is 0.581. The molecule has 1 nitrogen and oxygen atoms in total. The molecule has 1 aliphatic carbocycles. The van der Waals surface area contributed by atoms with Gasteiger partial charge in [-0.3, -0.25) is 0 Å². The van der Waals surface area contributed by atoms with Crippen molar-refractivity contribution in [2.75, 3.05) is 0 Å². The van der Waals surface area contributed by atoms with Crippen LogP contribution >= 0.6 is 11.6 Å². The van der Waals surface area contributed by atoms with Crippen molar-refractivity contribution in [3.63, 3.8) is 0 Å². The van der Waals surface area contributed by atoms with Gasteiger partial charge in [-0.1, -0.05) is 54.1 Å². The Morgan fingerprint density at radius 2 is 2.00 bits per heavy atom. The summed E-state index contributed by atoms with van der Waals surface area (Å²) >= 11 is 6.22. The standard InChI is InChI=1S/C15H12ClN/c16-15-13-9-5-4-8-12(13)10-14(17-15)11-6-2-1-3-7-11/h2,4-10H,1,3H2. The third-order valence-electron chi connectivity index (χ3n) is 2.98. The molecule has 1 aliphatic rings. The predicted octanol–water partition coefficient (Wildman–Crippen LogP) is 4.62. The fourth-order valence-corrected chi connectivity index (χ4v) is 2.37. The number of hydrogen-bond acceptors (Lipinski definition) is 1. The maximum atomic E-state index is 6.22. The normalized spacial score (nSPS) is 15.0. The van der Waals surface area contributed by atoms with Crippen molar-refractivity contribution in [2.45, 2.75) is 12.8 Å². The van der Waals surface area contributed by atoms with Crippen LogP contribution in [0.2, 0.25) is 5.15 Å². The molecule has 1 aromatic carbocycles. The summed E-state index contributed by atoms with van der Waals surface area (Å²) in [6.45, 7) is 0. The molecular weight excluding hydrogens is 230 g/mol. The lowest BCUT2D eigenvalue weighted by atomic mass is 10.0. The minimum absolute atomic E-state index is 0.581. The molecule has 0 saturated heterocycles. The molecule has 0 amide bonds. The molecule has 0 aliphatic heterocycles. The zero-order valence-electron chi connectivity index (χ0n) is 9.36. The van der Waals surface area contributed by atoms with E-state index >= 15 is 0 Å². The monoisotopic (exact) mass is 241 g/mol. The first kappa shape index (κ1) is 10.5. The van der Waals surface area contributed by atoms with Crippen molar-refractivity contribution >= 4 is 27.9 Å². The second kappa shape index (κ2) is 4.34. The molecule has 0 bridgehead atoms. The molecule has 0 unspecified atom stereocenters. The van der Waals surface area contributed by atoms with Gasteiger partial charge in [-0.05, 0) is 29.9 Å². The summed E-state index contributed by atoms with van der Waals surface area (Å²) in [7, 11) is 0. The number of rotatable bonds is 1. The molecule has 1 heterocycles. The van der Waals surface area contributed by atoms with Gasteiger partial charge >= 0.3 is 0 Å². The van der Waals surface area contributed by atoms with E-state index in [1.54, 1.807) is 0 Å². The largest absolute Gasteiger partial charge is 0.235 e. The molecular formula is C15H12ClN. The van der Waals surface area contributed by atoms with E-state index in [4.69, 9.17) is 11.6 Å². The van der Waals surface area contributed by atoms with Gasteiger partial charge in [-0.2, -0.15) is 0 Å². The Morgan fingerprint density at radius 3 is 2.82 bits per heavy atom. The van der Waals surface area contributed by atoms with Crippen LogP contribution in [0.25, 0.3) is 16.3 Å². The maximum Gasteiger partial charge on any atom is 0.137 e. The van der Waals surface area contributed by atoms with E-state index in [0.29, 0.717) is 5.15 Å². The van der Waals surface area contributed by atoms with Crippen LogP contribution in [0.3, 0.4) is 0 Å². The van der Waals surface area contributed by atoms with Gasteiger partial charge in [0.15, 0.2) is 0 Å². The molecule has 0 atom stereocenters. The van der Waals surface area contributed by atoms with E-state index in [1.807, 2.05) is 18.2 Å². The highest BCUT2D eigenvalue weighted by molar-refractivity contribution is 6.34. The SMILES string of the molecule is Clc1nc(C2=CCCC=C2)cc2ccccc12. The Morgan fingerprint density at radius 1 is 1.12 bits per heavy atom. The lowest BCUT2D eigenvalue weighted by Crippen LogP contribution is -1.91. The molecule has 0 spiro atoms. The van der Waals surface area contributed by atoms with E-state index in [0.717, 1.165) is 29.3 Å². The van der Waals surface area contributed by atoms with E-state index in [2.05, 4.69) is 35.3 Å². The molecule has 2 aromatic rings. The summed E-state index contributed by atoms with van der Waals surface area (Å²) in [6, 6.07) is 10.2. The number of benzene rings is 1. The van der Waals surface area contributed by atoms with Gasteiger partial charge in [0.05, 0.1) is 5.69 Å². The van der Waals surface area contributed by atoms with Crippen LogP contribution in [0.1, 0.15) is 18.5 Å². The summed E-state index contributed by atoms with van der Waals surface area (Å²) < 4.78 is 0. The van der Waals surface area contributed by atoms with Gasteiger partial charge < -0.3 is 0 Å². The van der Waals surface area contributed by atoms with Crippen LogP contribution in [-0.2, 0) is 0 Å². The summed E-state index contributed by atoms with van der Waals surface area (Å²) in [5, 5.41) is 2.73. The zero-order chi connectivity index (χ0) is 11.7. The van der Waals surface area contributed by atoms with Crippen LogP contribution < -0.4 is 0 Å². The third kappa shape index (κ3) is 1.98. The molecule has 0 N–H and O–H groups in total. The maximum absolute atomic E-state index is 6.22. The highest BCUT2D eigenvalue weighted by Crippen LogP contribution is 2.27. The van der Waals surface area contributed by atoms with Gasteiger partial charge in [0.2, 0.25) is 0 Å². The van der Waals surface area contributed by atoms with Crippen molar-refractivity contribution in [3.8, 4) is 0 Å². The summed E-state index contributed by atoms with van der Waals surface area (Å²) in [4.78, 5) is 4.47. The molecule has 0 fully saturated rings. The van der Waals surface area contributed by atoms with Gasteiger partial charge in [-0.15, -0.1) is 0 Å². The van der Waals surface area contributed by atoms with Gasteiger partial charge in [0, 0.05) is 5.39 Å². The van der Waals surface area contributed by atoms with E-state index in [9.17, 15) is 0 Å². The van der Waals surface area contributed by atoms with Crippen molar-refractivity contribution in [2.24, 2.45) is 0 Å². The molecule has 2 heteroatoms. The molecule has 84 valence electrons. The first-order valence-corrected chi connectivity index (χ1v) is 6.15. The Bertz CT molecular complexity index is 626. The molecule has 0 radical (unpaired) electrons. The molecule has 1 aromatic heterocycles. The van der Waals surface area contributed by atoms with Crippen molar-refractivity contribution in [1.29, 1.82) is 0 Å². The number of hydrogen-bond donors (Lipinski definition) is 0. The van der Waals surface area contributed by atoms with Gasteiger partial charge in [0.1, 0.15) is 5.15 Å². The Hall–Kier alpha value is -1.60. The number of nitrogens with zero attached hydrogens (tertiary/aromatic N) is 1. The first-order chi connectivity index (χ1) is 8.34. The number of halogens is 1. The second-order valence-electron chi connectivity index (χ2n) is 4.16. The number of fused-ring (bicyclic) bond motifs is 1. The molecule has 3 rings (SSSR count). The van der Waals surface area contributed by atoms with E-state index < -0.39 is 0 Å². The molecule has 0 saturated carbocycles. The van der Waals surface area contributed by atoms with Crippen molar-refractivity contribution in [1.82, 2.24) is 4.98 Å². The minimum Gasteiger partial charge on any atom is -0.235 e. The fourth-order valence-electron chi connectivity index (χ4n) is 2.11. The van der Waals surface area contributed by atoms with Crippen LogP contribution in [0.4, 0.5) is 0 Å². The lowest BCUT2D eigenvalue weighted by Gasteiger charge is -2.08. The predicted molar refractivity (Wildman–Crippen MR) is 73.1 cm³/mol. The van der Waals surface area contributed by atoms with Gasteiger partial charge in [0.25, 0.3) is 0 Å². The molecule has 17 heavy (non-hydrogen) atoms. The topological polar surface area (TPSA) is 12.9 Å². The quantitative estimate of drug-likeness (QED) is 0.664. The van der Waals surface area contributed by atoms with E-state index in [1.165, 1.54) is 5.57 Å². The average Bonchev–Trinajstić information content (AvgIpc) is 2.40. The van der Waals surface area contributed by atoms with E-state index in [-0.39, 0.29) is 0 Å². The smallest absolute Gasteiger partial charge is 0.137 e. The van der Waals surface area contributed by atoms with Crippen LogP contribution in [-0.4, -0.2) is 4.98 Å². The Kier molecular flexibility index (Phi) is 2.69. The van der Waals surface area contributed by atoms with Crippen molar-refractivity contribution < 1.29 is 0 Å². The fraction of sp³-hybridized carbons (Fsp3) is 0.133. The number of allylic oxidation sites excluding steroid dienone is 4. The second-order valence-corrected chi connectivity index (χ2v) is 4.52. The highest BCUT2D eigenvalue weighted by Gasteiger charge is 2.07. The first-order valence-electron chi connectivity index (χ1n) is 5.77. The summed E-state index contributed by atoms with van der Waals surface area (Å²) in [6.07, 6.45) is 8.72. The summed E-state index contributed by atoms with van der Waals surface area (Å²) in [5.74, 6) is 0. The number of aromatic nitrogens is 1.